The molecular formula is C14H22N2. The summed E-state index contributed by atoms with van der Waals surface area (Å²) in [5.74, 6) is 0. The van der Waals surface area contributed by atoms with Crippen LogP contribution in [0.5, 0.6) is 0 Å². The van der Waals surface area contributed by atoms with Gasteiger partial charge in [0, 0.05) is 31.4 Å². The topological polar surface area (TPSA) is 15.3 Å². The summed E-state index contributed by atoms with van der Waals surface area (Å²) in [4.78, 5) is 2.52. The van der Waals surface area contributed by atoms with Crippen LogP contribution in [0.3, 0.4) is 0 Å². The molecule has 1 aliphatic heterocycles. The largest absolute Gasteiger partial charge is 0.370 e. The molecule has 1 aromatic rings. The number of rotatable bonds is 2. The van der Waals surface area contributed by atoms with Crippen LogP contribution in [0.25, 0.3) is 0 Å². The predicted molar refractivity (Wildman–Crippen MR) is 70.1 cm³/mol. The Labute approximate surface area is 98.7 Å². The van der Waals surface area contributed by atoms with Gasteiger partial charge >= 0.3 is 0 Å². The van der Waals surface area contributed by atoms with Gasteiger partial charge in [-0.3, -0.25) is 0 Å². The molecule has 0 bridgehead atoms. The smallest absolute Gasteiger partial charge is 0.0399 e. The molecule has 16 heavy (non-hydrogen) atoms. The molecule has 1 aromatic carbocycles. The molecule has 1 heterocycles. The van der Waals surface area contributed by atoms with Crippen molar-refractivity contribution in [3.8, 4) is 0 Å². The van der Waals surface area contributed by atoms with Crippen LogP contribution in [0.2, 0.25) is 0 Å². The SMILES string of the molecule is CCc1ccccc1N1CCNC(C)CC1. The lowest BCUT2D eigenvalue weighted by molar-refractivity contribution is 0.566. The summed E-state index contributed by atoms with van der Waals surface area (Å²) < 4.78 is 0. The summed E-state index contributed by atoms with van der Waals surface area (Å²) in [5, 5.41) is 3.54. The minimum Gasteiger partial charge on any atom is -0.370 e. The van der Waals surface area contributed by atoms with Crippen molar-refractivity contribution in [1.29, 1.82) is 0 Å². The predicted octanol–water partition coefficient (Wildman–Crippen LogP) is 2.44. The van der Waals surface area contributed by atoms with E-state index in [2.05, 4.69) is 48.3 Å². The molecule has 2 heteroatoms. The van der Waals surface area contributed by atoms with Crippen LogP contribution in [0.15, 0.2) is 24.3 Å². The van der Waals surface area contributed by atoms with Crippen LogP contribution in [0, 0.1) is 0 Å². The van der Waals surface area contributed by atoms with Gasteiger partial charge in [-0.25, -0.2) is 0 Å². The van der Waals surface area contributed by atoms with Gasteiger partial charge in [0.25, 0.3) is 0 Å². The van der Waals surface area contributed by atoms with Crippen molar-refractivity contribution in [1.82, 2.24) is 5.32 Å². The highest BCUT2D eigenvalue weighted by molar-refractivity contribution is 5.53. The molecule has 1 unspecified atom stereocenters. The molecule has 1 atom stereocenters. The van der Waals surface area contributed by atoms with Gasteiger partial charge in [-0.2, -0.15) is 0 Å². The van der Waals surface area contributed by atoms with Gasteiger partial charge in [0.1, 0.15) is 0 Å². The molecule has 0 amide bonds. The molecule has 2 nitrogen and oxygen atoms in total. The second-order valence-electron chi connectivity index (χ2n) is 4.61. The van der Waals surface area contributed by atoms with Gasteiger partial charge in [0.05, 0.1) is 0 Å². The molecule has 2 rings (SSSR count). The molecule has 1 fully saturated rings. The van der Waals surface area contributed by atoms with Gasteiger partial charge in [0.15, 0.2) is 0 Å². The number of para-hydroxylation sites is 1. The lowest BCUT2D eigenvalue weighted by Crippen LogP contribution is -2.29. The Balaban J connectivity index is 2.16. The first-order valence-corrected chi connectivity index (χ1v) is 6.37. The lowest BCUT2D eigenvalue weighted by Gasteiger charge is -2.25. The van der Waals surface area contributed by atoms with Gasteiger partial charge in [0.2, 0.25) is 0 Å². The first-order chi connectivity index (χ1) is 7.81. The maximum Gasteiger partial charge on any atom is 0.0399 e. The molecule has 0 aliphatic carbocycles. The second kappa shape index (κ2) is 5.35. The van der Waals surface area contributed by atoms with Crippen LogP contribution in [0.4, 0.5) is 5.69 Å². The first-order valence-electron chi connectivity index (χ1n) is 6.37. The Kier molecular flexibility index (Phi) is 3.83. The van der Waals surface area contributed by atoms with E-state index >= 15 is 0 Å². The molecular weight excluding hydrogens is 196 g/mol. The van der Waals surface area contributed by atoms with E-state index in [1.165, 1.54) is 24.2 Å². The Morgan fingerprint density at radius 2 is 2.12 bits per heavy atom. The first kappa shape index (κ1) is 11.5. The van der Waals surface area contributed by atoms with E-state index in [0.29, 0.717) is 6.04 Å². The van der Waals surface area contributed by atoms with Crippen molar-refractivity contribution < 1.29 is 0 Å². The van der Waals surface area contributed by atoms with Crippen LogP contribution >= 0.6 is 0 Å². The average molecular weight is 218 g/mol. The Morgan fingerprint density at radius 1 is 1.31 bits per heavy atom. The van der Waals surface area contributed by atoms with Crippen molar-refractivity contribution in [2.45, 2.75) is 32.7 Å². The summed E-state index contributed by atoms with van der Waals surface area (Å²) in [7, 11) is 0. The third-order valence-corrected chi connectivity index (χ3v) is 3.42. The Hall–Kier alpha value is -1.02. The molecule has 0 radical (unpaired) electrons. The summed E-state index contributed by atoms with van der Waals surface area (Å²) >= 11 is 0. The van der Waals surface area contributed by atoms with Crippen molar-refractivity contribution >= 4 is 5.69 Å². The average Bonchev–Trinajstić information content (AvgIpc) is 2.54. The normalized spacial score (nSPS) is 21.9. The summed E-state index contributed by atoms with van der Waals surface area (Å²) in [6.45, 7) is 7.90. The third-order valence-electron chi connectivity index (χ3n) is 3.42. The number of anilines is 1. The fraction of sp³-hybridized carbons (Fsp3) is 0.571. The Morgan fingerprint density at radius 3 is 2.94 bits per heavy atom. The minimum atomic E-state index is 0.652. The molecule has 0 aromatic heterocycles. The number of hydrogen-bond donors (Lipinski definition) is 1. The number of nitrogens with one attached hydrogen (secondary N) is 1. The van der Waals surface area contributed by atoms with E-state index < -0.39 is 0 Å². The number of hydrogen-bond acceptors (Lipinski definition) is 2. The highest BCUT2D eigenvalue weighted by Crippen LogP contribution is 2.21. The van der Waals surface area contributed by atoms with E-state index in [1.54, 1.807) is 0 Å². The van der Waals surface area contributed by atoms with Crippen LogP contribution in [-0.4, -0.2) is 25.7 Å². The number of nitrogens with zero attached hydrogens (tertiary/aromatic N) is 1. The Bertz CT molecular complexity index is 335. The summed E-state index contributed by atoms with van der Waals surface area (Å²) in [6.07, 6.45) is 2.35. The maximum atomic E-state index is 3.54. The molecule has 0 saturated carbocycles. The quantitative estimate of drug-likeness (QED) is 0.820. The lowest BCUT2D eigenvalue weighted by atomic mass is 10.1. The maximum absolute atomic E-state index is 3.54. The van der Waals surface area contributed by atoms with Gasteiger partial charge in [-0.1, -0.05) is 25.1 Å². The number of aryl methyl sites for hydroxylation is 1. The van der Waals surface area contributed by atoms with Crippen molar-refractivity contribution in [3.63, 3.8) is 0 Å². The molecule has 0 spiro atoms. The zero-order chi connectivity index (χ0) is 11.4. The highest BCUT2D eigenvalue weighted by atomic mass is 15.2. The van der Waals surface area contributed by atoms with E-state index in [1.807, 2.05) is 0 Å². The van der Waals surface area contributed by atoms with E-state index in [0.717, 1.165) is 19.5 Å². The standard InChI is InChI=1S/C14H22N2/c1-3-13-6-4-5-7-14(13)16-10-8-12(2)15-9-11-16/h4-7,12,15H,3,8-11H2,1-2H3. The summed E-state index contributed by atoms with van der Waals surface area (Å²) in [5.41, 5.74) is 2.90. The molecule has 88 valence electrons. The van der Waals surface area contributed by atoms with Gasteiger partial charge in [-0.15, -0.1) is 0 Å². The fourth-order valence-corrected chi connectivity index (χ4v) is 2.37. The van der Waals surface area contributed by atoms with Crippen LogP contribution in [0.1, 0.15) is 25.8 Å². The molecule has 1 aliphatic rings. The monoisotopic (exact) mass is 218 g/mol. The molecule has 1 saturated heterocycles. The summed E-state index contributed by atoms with van der Waals surface area (Å²) in [6, 6.07) is 9.45. The van der Waals surface area contributed by atoms with E-state index in [9.17, 15) is 0 Å². The van der Waals surface area contributed by atoms with Crippen molar-refractivity contribution in [2.24, 2.45) is 0 Å². The highest BCUT2D eigenvalue weighted by Gasteiger charge is 2.14. The van der Waals surface area contributed by atoms with Crippen molar-refractivity contribution in [3.05, 3.63) is 29.8 Å². The van der Waals surface area contributed by atoms with Crippen molar-refractivity contribution in [2.75, 3.05) is 24.5 Å². The fourth-order valence-electron chi connectivity index (χ4n) is 2.37. The molecule has 1 N–H and O–H groups in total. The zero-order valence-corrected chi connectivity index (χ0v) is 10.4. The van der Waals surface area contributed by atoms with E-state index in [4.69, 9.17) is 0 Å². The second-order valence-corrected chi connectivity index (χ2v) is 4.61. The zero-order valence-electron chi connectivity index (χ0n) is 10.4. The van der Waals surface area contributed by atoms with Gasteiger partial charge in [-0.05, 0) is 31.4 Å². The van der Waals surface area contributed by atoms with E-state index in [-0.39, 0.29) is 0 Å². The minimum absolute atomic E-state index is 0.652. The van der Waals surface area contributed by atoms with Crippen LogP contribution in [-0.2, 0) is 6.42 Å². The number of benzene rings is 1. The van der Waals surface area contributed by atoms with Gasteiger partial charge < -0.3 is 10.2 Å². The third kappa shape index (κ3) is 2.56. The van der Waals surface area contributed by atoms with Crippen LogP contribution < -0.4 is 10.2 Å².